The first kappa shape index (κ1) is 17.0. The quantitative estimate of drug-likeness (QED) is 0.396. The van der Waals surface area contributed by atoms with Gasteiger partial charge in [0.1, 0.15) is 18.3 Å². The molecule has 0 spiro atoms. The van der Waals surface area contributed by atoms with Crippen LogP contribution >= 0.6 is 0 Å². The van der Waals surface area contributed by atoms with Crippen LogP contribution < -0.4 is 5.11 Å². The average molecular weight is 290 g/mol. The molecule has 0 aromatic heterocycles. The highest BCUT2D eigenvalue weighted by Crippen LogP contribution is 2.23. The van der Waals surface area contributed by atoms with Gasteiger partial charge in [-0.1, -0.05) is 13.8 Å². The maximum atomic E-state index is 10.9. The van der Waals surface area contributed by atoms with Crippen LogP contribution in [0.4, 0.5) is 0 Å². The number of aliphatic carboxylic acids is 1. The van der Waals surface area contributed by atoms with Gasteiger partial charge in [0.25, 0.3) is 0 Å². The topological polar surface area (TPSA) is 143 Å². The number of aliphatic imine (C=N–C) groups is 1. The van der Waals surface area contributed by atoms with Crippen LogP contribution in [0, 0.1) is 5.92 Å². The van der Waals surface area contributed by atoms with Gasteiger partial charge in [0.05, 0.1) is 24.8 Å². The van der Waals surface area contributed by atoms with Gasteiger partial charge in [-0.25, -0.2) is 0 Å². The van der Waals surface area contributed by atoms with Crippen LogP contribution in [0.1, 0.15) is 20.3 Å². The molecule has 1 saturated heterocycles. The van der Waals surface area contributed by atoms with Gasteiger partial charge in [-0.2, -0.15) is 0 Å². The summed E-state index contributed by atoms with van der Waals surface area (Å²) in [6, 6.07) is -1.20. The van der Waals surface area contributed by atoms with E-state index in [2.05, 4.69) is 4.99 Å². The van der Waals surface area contributed by atoms with Crippen LogP contribution in [0.5, 0.6) is 0 Å². The van der Waals surface area contributed by atoms with E-state index in [4.69, 9.17) is 4.74 Å². The van der Waals surface area contributed by atoms with Crippen molar-refractivity contribution in [2.75, 3.05) is 6.61 Å². The third-order valence-electron chi connectivity index (χ3n) is 3.03. The van der Waals surface area contributed by atoms with Crippen molar-refractivity contribution in [1.29, 1.82) is 0 Å². The zero-order valence-corrected chi connectivity index (χ0v) is 11.3. The van der Waals surface area contributed by atoms with Crippen molar-refractivity contribution in [3.05, 3.63) is 0 Å². The first-order valence-electron chi connectivity index (χ1n) is 6.33. The minimum absolute atomic E-state index is 0.0364. The summed E-state index contributed by atoms with van der Waals surface area (Å²) >= 11 is 0. The Kier molecular flexibility index (Phi) is 5.60. The largest absolute Gasteiger partial charge is 0.548 e. The Morgan fingerprint density at radius 2 is 2.10 bits per heavy atom. The van der Waals surface area contributed by atoms with Crippen LogP contribution in [-0.4, -0.2) is 69.4 Å². The molecule has 0 aromatic carbocycles. The predicted molar refractivity (Wildman–Crippen MR) is 65.7 cm³/mol. The van der Waals surface area contributed by atoms with Gasteiger partial charge in [0, 0.05) is 0 Å². The maximum Gasteiger partial charge on any atom is 0.232 e. The Balaban J connectivity index is 2.82. The van der Waals surface area contributed by atoms with E-state index < -0.39 is 42.7 Å². The number of hydrogen-bond donors (Lipinski definition) is 4. The van der Waals surface area contributed by atoms with Gasteiger partial charge >= 0.3 is 0 Å². The van der Waals surface area contributed by atoms with E-state index in [0.29, 0.717) is 0 Å². The summed E-state index contributed by atoms with van der Waals surface area (Å²) in [7, 11) is 0. The van der Waals surface area contributed by atoms with Crippen molar-refractivity contribution in [1.82, 2.24) is 0 Å². The lowest BCUT2D eigenvalue weighted by molar-refractivity contribution is -0.307. The number of hydrogen-bond acceptors (Lipinski definition) is 8. The molecule has 116 valence electrons. The Morgan fingerprint density at radius 1 is 1.50 bits per heavy atom. The number of carboxylic acid groups (broad SMARTS) is 1. The number of rotatable bonds is 5. The number of aliphatic hydroxyl groups is 4. The van der Waals surface area contributed by atoms with Gasteiger partial charge in [0.15, 0.2) is 0 Å². The molecule has 1 heterocycles. The molecule has 0 amide bonds. The SMILES string of the molecule is CC(C)C[C@H](N=C[C@@]1(O)OC[C@@H](O)[C@@H](O)[C@@H]1O)C(=O)[O-]. The second-order valence-electron chi connectivity index (χ2n) is 5.31. The van der Waals surface area contributed by atoms with E-state index in [9.17, 15) is 30.3 Å². The fourth-order valence-electron chi connectivity index (χ4n) is 1.83. The summed E-state index contributed by atoms with van der Waals surface area (Å²) in [5.41, 5.74) is 0. The van der Waals surface area contributed by atoms with Crippen molar-refractivity contribution in [3.63, 3.8) is 0 Å². The van der Waals surface area contributed by atoms with E-state index in [0.717, 1.165) is 6.21 Å². The number of aliphatic hydroxyl groups excluding tert-OH is 3. The van der Waals surface area contributed by atoms with Gasteiger partial charge in [-0.3, -0.25) is 4.99 Å². The number of carboxylic acids is 1. The van der Waals surface area contributed by atoms with Gasteiger partial charge < -0.3 is 35.1 Å². The summed E-state index contributed by atoms with van der Waals surface area (Å²) in [6.07, 6.45) is -3.87. The highest BCUT2D eigenvalue weighted by molar-refractivity contribution is 5.76. The zero-order chi connectivity index (χ0) is 15.5. The molecule has 8 heteroatoms. The van der Waals surface area contributed by atoms with Gasteiger partial charge in [0.2, 0.25) is 5.79 Å². The van der Waals surface area contributed by atoms with Crippen LogP contribution in [0.3, 0.4) is 0 Å². The van der Waals surface area contributed by atoms with E-state index >= 15 is 0 Å². The normalized spacial score (nSPS) is 36.5. The van der Waals surface area contributed by atoms with Crippen LogP contribution in [0.2, 0.25) is 0 Å². The summed E-state index contributed by atoms with van der Waals surface area (Å²) in [6.45, 7) is 3.18. The zero-order valence-electron chi connectivity index (χ0n) is 11.3. The standard InChI is InChI=1S/C12H21NO7/c1-6(2)3-7(11(17)18)13-5-12(19)10(16)9(15)8(14)4-20-12/h5-10,14-16,19H,3-4H2,1-2H3,(H,17,18)/p-1/t7-,8+,9+,10-,12+/m0/s1. The summed E-state index contributed by atoms with van der Waals surface area (Å²) in [5.74, 6) is -3.72. The third kappa shape index (κ3) is 3.97. The Hall–Kier alpha value is -1.06. The second kappa shape index (κ2) is 6.59. The third-order valence-corrected chi connectivity index (χ3v) is 3.03. The average Bonchev–Trinajstić information content (AvgIpc) is 2.36. The van der Waals surface area contributed by atoms with Crippen molar-refractivity contribution < 1.29 is 35.1 Å². The number of nitrogens with zero attached hydrogens (tertiary/aromatic N) is 1. The molecule has 1 aliphatic rings. The Bertz CT molecular complexity index is 373. The van der Waals surface area contributed by atoms with E-state index in [1.165, 1.54) is 0 Å². The molecule has 1 rings (SSSR count). The first-order valence-corrected chi connectivity index (χ1v) is 6.33. The molecule has 0 aromatic rings. The summed E-state index contributed by atoms with van der Waals surface area (Å²) in [5, 5.41) is 49.3. The summed E-state index contributed by atoms with van der Waals surface area (Å²) in [4.78, 5) is 14.6. The molecule has 0 saturated carbocycles. The Labute approximate surface area is 116 Å². The molecule has 4 N–H and O–H groups in total. The highest BCUT2D eigenvalue weighted by atomic mass is 16.6. The molecule has 8 nitrogen and oxygen atoms in total. The lowest BCUT2D eigenvalue weighted by atomic mass is 9.97. The van der Waals surface area contributed by atoms with Crippen LogP contribution in [0.25, 0.3) is 0 Å². The van der Waals surface area contributed by atoms with Gasteiger partial charge in [-0.15, -0.1) is 0 Å². The molecule has 0 unspecified atom stereocenters. The first-order chi connectivity index (χ1) is 9.17. The maximum absolute atomic E-state index is 10.9. The van der Waals surface area contributed by atoms with Crippen molar-refractivity contribution >= 4 is 12.2 Å². The van der Waals surface area contributed by atoms with E-state index in [1.54, 1.807) is 13.8 Å². The Morgan fingerprint density at radius 3 is 2.60 bits per heavy atom. The van der Waals surface area contributed by atoms with Crippen molar-refractivity contribution in [3.8, 4) is 0 Å². The van der Waals surface area contributed by atoms with Gasteiger partial charge in [-0.05, 0) is 12.3 Å². The minimum Gasteiger partial charge on any atom is -0.548 e. The molecule has 0 bridgehead atoms. The number of carbonyl (C=O) groups excluding carboxylic acids is 1. The monoisotopic (exact) mass is 290 g/mol. The van der Waals surface area contributed by atoms with Crippen LogP contribution in [0.15, 0.2) is 4.99 Å². The minimum atomic E-state index is -2.34. The second-order valence-corrected chi connectivity index (χ2v) is 5.31. The molecular formula is C12H20NO7-. The van der Waals surface area contributed by atoms with Crippen LogP contribution in [-0.2, 0) is 9.53 Å². The van der Waals surface area contributed by atoms with Crippen molar-refractivity contribution in [2.45, 2.75) is 50.4 Å². The molecule has 1 fully saturated rings. The number of carbonyl (C=O) groups is 1. The molecule has 5 atom stereocenters. The fourth-order valence-corrected chi connectivity index (χ4v) is 1.83. The van der Waals surface area contributed by atoms with E-state index in [1.807, 2.05) is 0 Å². The number of ether oxygens (including phenoxy) is 1. The molecule has 20 heavy (non-hydrogen) atoms. The predicted octanol–water partition coefficient (Wildman–Crippen LogP) is -2.98. The highest BCUT2D eigenvalue weighted by Gasteiger charge is 2.47. The summed E-state index contributed by atoms with van der Waals surface area (Å²) < 4.78 is 4.83. The lowest BCUT2D eigenvalue weighted by Gasteiger charge is -2.39. The lowest BCUT2D eigenvalue weighted by Crippen LogP contribution is -2.61. The molecule has 0 aliphatic carbocycles. The van der Waals surface area contributed by atoms with E-state index in [-0.39, 0.29) is 12.3 Å². The fraction of sp³-hybridized carbons (Fsp3) is 0.833. The molecule has 1 aliphatic heterocycles. The smallest absolute Gasteiger partial charge is 0.232 e. The molecule has 0 radical (unpaired) electrons. The van der Waals surface area contributed by atoms with Crippen molar-refractivity contribution in [2.24, 2.45) is 10.9 Å². The molecular weight excluding hydrogens is 270 g/mol.